The Hall–Kier alpha value is -2.34. The molecule has 0 aliphatic heterocycles. The van der Waals surface area contributed by atoms with Gasteiger partial charge >= 0.3 is 0 Å². The van der Waals surface area contributed by atoms with E-state index in [4.69, 9.17) is 0 Å². The molecule has 3 aromatic rings. The summed E-state index contributed by atoms with van der Waals surface area (Å²) in [6.45, 7) is 1.99. The van der Waals surface area contributed by atoms with Crippen molar-refractivity contribution in [2.24, 2.45) is 0 Å². The number of benzene rings is 1. The number of nitrogens with one attached hydrogen (secondary N) is 1. The van der Waals surface area contributed by atoms with Crippen LogP contribution in [-0.2, 0) is 10.0 Å². The molecule has 108 valence electrons. The zero-order valence-corrected chi connectivity index (χ0v) is 12.6. The molecule has 2 aromatic heterocycles. The van der Waals surface area contributed by atoms with Crippen LogP contribution >= 0.6 is 0 Å². The van der Waals surface area contributed by atoms with E-state index in [1.54, 1.807) is 12.1 Å². The van der Waals surface area contributed by atoms with E-state index in [-0.39, 0.29) is 0 Å². The van der Waals surface area contributed by atoms with Gasteiger partial charge in [0.15, 0.2) is 0 Å². The molecule has 6 heteroatoms. The third kappa shape index (κ3) is 2.75. The Morgan fingerprint density at radius 2 is 1.90 bits per heavy atom. The number of hydrogen-bond acceptors (Lipinski definition) is 3. The van der Waals surface area contributed by atoms with E-state index in [1.165, 1.54) is 0 Å². The molecule has 0 saturated heterocycles. The van der Waals surface area contributed by atoms with Crippen molar-refractivity contribution in [3.8, 4) is 11.3 Å². The molecule has 5 nitrogen and oxygen atoms in total. The summed E-state index contributed by atoms with van der Waals surface area (Å²) in [5, 5.41) is 0. The van der Waals surface area contributed by atoms with Gasteiger partial charge in [-0.1, -0.05) is 24.3 Å². The van der Waals surface area contributed by atoms with Crippen LogP contribution < -0.4 is 4.72 Å². The normalized spacial score (nSPS) is 11.7. The number of anilines is 1. The molecule has 1 N–H and O–H groups in total. The van der Waals surface area contributed by atoms with Gasteiger partial charge in [0.1, 0.15) is 5.65 Å². The lowest BCUT2D eigenvalue weighted by atomic mass is 10.1. The first-order valence-corrected chi connectivity index (χ1v) is 8.35. The Morgan fingerprint density at radius 1 is 1.14 bits per heavy atom. The van der Waals surface area contributed by atoms with Crippen LogP contribution in [0.3, 0.4) is 0 Å². The highest BCUT2D eigenvalue weighted by Gasteiger charge is 2.12. The van der Waals surface area contributed by atoms with Gasteiger partial charge in [-0.05, 0) is 24.6 Å². The van der Waals surface area contributed by atoms with E-state index in [1.807, 2.05) is 48.0 Å². The second kappa shape index (κ2) is 4.89. The third-order valence-corrected chi connectivity index (χ3v) is 3.77. The van der Waals surface area contributed by atoms with Gasteiger partial charge in [0.05, 0.1) is 17.6 Å². The van der Waals surface area contributed by atoms with Gasteiger partial charge in [0.2, 0.25) is 10.0 Å². The van der Waals surface area contributed by atoms with E-state index in [2.05, 4.69) is 9.71 Å². The van der Waals surface area contributed by atoms with E-state index in [0.29, 0.717) is 5.69 Å². The van der Waals surface area contributed by atoms with Gasteiger partial charge in [0.25, 0.3) is 0 Å². The lowest BCUT2D eigenvalue weighted by Gasteiger charge is -2.08. The van der Waals surface area contributed by atoms with Crippen LogP contribution in [0.25, 0.3) is 16.9 Å². The number of pyridine rings is 1. The van der Waals surface area contributed by atoms with Crippen LogP contribution in [0.15, 0.2) is 48.8 Å². The van der Waals surface area contributed by atoms with Crippen molar-refractivity contribution in [3.05, 3.63) is 54.4 Å². The molecule has 0 spiro atoms. The van der Waals surface area contributed by atoms with Crippen LogP contribution in [0.4, 0.5) is 5.69 Å². The average molecular weight is 301 g/mol. The van der Waals surface area contributed by atoms with Crippen LogP contribution in [0.5, 0.6) is 0 Å². The van der Waals surface area contributed by atoms with E-state index < -0.39 is 10.0 Å². The second-order valence-electron chi connectivity index (χ2n) is 4.97. The molecule has 3 rings (SSSR count). The van der Waals surface area contributed by atoms with Gasteiger partial charge in [-0.2, -0.15) is 0 Å². The summed E-state index contributed by atoms with van der Waals surface area (Å²) < 4.78 is 27.4. The number of fused-ring (bicyclic) bond motifs is 1. The summed E-state index contributed by atoms with van der Waals surface area (Å²) in [6.07, 6.45) is 4.95. The number of rotatable bonds is 3. The number of nitrogens with zero attached hydrogens (tertiary/aromatic N) is 2. The lowest BCUT2D eigenvalue weighted by molar-refractivity contribution is 0.607. The Morgan fingerprint density at radius 3 is 2.62 bits per heavy atom. The van der Waals surface area contributed by atoms with Crippen molar-refractivity contribution in [2.45, 2.75) is 6.92 Å². The van der Waals surface area contributed by atoms with Crippen molar-refractivity contribution in [1.82, 2.24) is 9.38 Å². The number of imidazole rings is 1. The minimum atomic E-state index is -3.33. The number of aryl methyl sites for hydroxylation is 1. The third-order valence-electron chi connectivity index (χ3n) is 3.18. The maximum absolute atomic E-state index is 11.5. The largest absolute Gasteiger partial charge is 0.306 e. The molecule has 0 saturated carbocycles. The maximum Gasteiger partial charge on any atom is 0.229 e. The molecule has 0 unspecified atom stereocenters. The predicted octanol–water partition coefficient (Wildman–Crippen LogP) is 2.68. The lowest BCUT2D eigenvalue weighted by Crippen LogP contribution is -2.10. The van der Waals surface area contributed by atoms with Crippen molar-refractivity contribution < 1.29 is 8.42 Å². The Bertz CT molecular complexity index is 914. The SMILES string of the molecule is Cc1cccn2cc(-c3ccccc3NS(C)(=O)=O)nc12. The van der Waals surface area contributed by atoms with Gasteiger partial charge < -0.3 is 4.40 Å². The van der Waals surface area contributed by atoms with Crippen molar-refractivity contribution in [2.75, 3.05) is 11.0 Å². The fourth-order valence-electron chi connectivity index (χ4n) is 2.28. The Labute approximate surface area is 123 Å². The molecule has 0 fully saturated rings. The summed E-state index contributed by atoms with van der Waals surface area (Å²) in [7, 11) is -3.33. The first kappa shape index (κ1) is 13.6. The van der Waals surface area contributed by atoms with Crippen LogP contribution in [0.1, 0.15) is 5.56 Å². The van der Waals surface area contributed by atoms with E-state index in [9.17, 15) is 8.42 Å². The number of sulfonamides is 1. The minimum Gasteiger partial charge on any atom is -0.306 e. The molecule has 0 amide bonds. The topological polar surface area (TPSA) is 63.5 Å². The second-order valence-corrected chi connectivity index (χ2v) is 6.72. The Kier molecular flexibility index (Phi) is 3.17. The molecule has 0 radical (unpaired) electrons. The number of aromatic nitrogens is 2. The number of hydrogen-bond donors (Lipinski definition) is 1. The van der Waals surface area contributed by atoms with Crippen LogP contribution in [0, 0.1) is 6.92 Å². The average Bonchev–Trinajstić information content (AvgIpc) is 2.83. The van der Waals surface area contributed by atoms with Gasteiger partial charge in [0, 0.05) is 18.0 Å². The van der Waals surface area contributed by atoms with Crippen molar-refractivity contribution in [3.63, 3.8) is 0 Å². The highest BCUT2D eigenvalue weighted by Crippen LogP contribution is 2.28. The fourth-order valence-corrected chi connectivity index (χ4v) is 2.86. The monoisotopic (exact) mass is 301 g/mol. The molecule has 0 atom stereocenters. The van der Waals surface area contributed by atoms with E-state index >= 15 is 0 Å². The number of para-hydroxylation sites is 1. The first-order valence-electron chi connectivity index (χ1n) is 6.45. The van der Waals surface area contributed by atoms with Gasteiger partial charge in [-0.25, -0.2) is 13.4 Å². The fraction of sp³-hybridized carbons (Fsp3) is 0.133. The standard InChI is InChI=1S/C15H15N3O2S/c1-11-6-5-9-18-10-14(16-15(11)18)12-7-3-4-8-13(12)17-21(2,19)20/h3-10,17H,1-2H3. The van der Waals surface area contributed by atoms with Crippen LogP contribution in [-0.4, -0.2) is 24.1 Å². The zero-order valence-electron chi connectivity index (χ0n) is 11.7. The molecule has 0 bridgehead atoms. The molecule has 2 heterocycles. The molecule has 21 heavy (non-hydrogen) atoms. The quantitative estimate of drug-likeness (QED) is 0.809. The molecule has 1 aromatic carbocycles. The highest BCUT2D eigenvalue weighted by molar-refractivity contribution is 7.92. The predicted molar refractivity (Wildman–Crippen MR) is 83.8 cm³/mol. The smallest absolute Gasteiger partial charge is 0.229 e. The highest BCUT2D eigenvalue weighted by atomic mass is 32.2. The van der Waals surface area contributed by atoms with Crippen molar-refractivity contribution in [1.29, 1.82) is 0 Å². The van der Waals surface area contributed by atoms with E-state index in [0.717, 1.165) is 28.7 Å². The molecule has 0 aliphatic rings. The zero-order chi connectivity index (χ0) is 15.0. The minimum absolute atomic E-state index is 0.529. The summed E-state index contributed by atoms with van der Waals surface area (Å²) >= 11 is 0. The summed E-state index contributed by atoms with van der Waals surface area (Å²) in [6, 6.07) is 11.2. The summed E-state index contributed by atoms with van der Waals surface area (Å²) in [5.41, 5.74) is 3.95. The first-order chi connectivity index (χ1) is 9.94. The van der Waals surface area contributed by atoms with Gasteiger partial charge in [-0.15, -0.1) is 0 Å². The molecular formula is C15H15N3O2S. The maximum atomic E-state index is 11.5. The van der Waals surface area contributed by atoms with Crippen LogP contribution in [0.2, 0.25) is 0 Å². The summed E-state index contributed by atoms with van der Waals surface area (Å²) in [4.78, 5) is 4.60. The molecule has 0 aliphatic carbocycles. The summed E-state index contributed by atoms with van der Waals surface area (Å²) in [5.74, 6) is 0. The van der Waals surface area contributed by atoms with Crippen molar-refractivity contribution >= 4 is 21.4 Å². The Balaban J connectivity index is 2.17. The molecular weight excluding hydrogens is 286 g/mol. The van der Waals surface area contributed by atoms with Gasteiger partial charge in [-0.3, -0.25) is 4.72 Å².